The number of aromatic nitrogens is 2. The van der Waals surface area contributed by atoms with E-state index in [9.17, 15) is 0 Å². The maximum absolute atomic E-state index is 5.55. The summed E-state index contributed by atoms with van der Waals surface area (Å²) in [5.41, 5.74) is 1.13. The Bertz CT molecular complexity index is 850. The van der Waals surface area contributed by atoms with Crippen molar-refractivity contribution in [2.45, 2.75) is 26.4 Å². The van der Waals surface area contributed by atoms with Gasteiger partial charge in [-0.1, -0.05) is 11.2 Å². The standard InChI is InChI=1S/C21H32N6O4/c1-5-22-21(24-14-20-25-15(2)26-31-20)23-13-17(27-8-10-30-11-9-27)16-6-7-18(28-3)19(12-16)29-4/h6-7,12,17H,5,8-11,13-14H2,1-4H3,(H2,22,23,24). The molecule has 1 saturated heterocycles. The predicted octanol–water partition coefficient (Wildman–Crippen LogP) is 1.52. The van der Waals surface area contributed by atoms with Crippen LogP contribution in [0.2, 0.25) is 0 Å². The summed E-state index contributed by atoms with van der Waals surface area (Å²) in [6.45, 7) is 8.68. The fourth-order valence-corrected chi connectivity index (χ4v) is 3.49. The van der Waals surface area contributed by atoms with E-state index in [-0.39, 0.29) is 6.04 Å². The number of aliphatic imine (C=N–C) groups is 1. The molecule has 2 heterocycles. The van der Waals surface area contributed by atoms with Gasteiger partial charge < -0.3 is 29.4 Å². The minimum atomic E-state index is 0.109. The second kappa shape index (κ2) is 11.5. The van der Waals surface area contributed by atoms with E-state index in [1.807, 2.05) is 19.1 Å². The molecule has 0 radical (unpaired) electrons. The van der Waals surface area contributed by atoms with Gasteiger partial charge >= 0.3 is 0 Å². The molecule has 0 saturated carbocycles. The molecular weight excluding hydrogens is 400 g/mol. The zero-order valence-corrected chi connectivity index (χ0v) is 18.7. The highest BCUT2D eigenvalue weighted by Gasteiger charge is 2.24. The van der Waals surface area contributed by atoms with Crippen LogP contribution in [0.15, 0.2) is 27.7 Å². The van der Waals surface area contributed by atoms with Gasteiger partial charge in [0.15, 0.2) is 23.3 Å². The van der Waals surface area contributed by atoms with Gasteiger partial charge in [0.1, 0.15) is 6.54 Å². The van der Waals surface area contributed by atoms with Gasteiger partial charge in [-0.25, -0.2) is 4.99 Å². The molecule has 1 aromatic heterocycles. The van der Waals surface area contributed by atoms with Gasteiger partial charge in [0.05, 0.1) is 33.5 Å². The van der Waals surface area contributed by atoms with Crippen LogP contribution in [0.5, 0.6) is 11.5 Å². The van der Waals surface area contributed by atoms with E-state index in [1.54, 1.807) is 21.1 Å². The lowest BCUT2D eigenvalue weighted by Gasteiger charge is -2.35. The minimum Gasteiger partial charge on any atom is -0.493 e. The monoisotopic (exact) mass is 432 g/mol. The zero-order chi connectivity index (χ0) is 22.1. The molecule has 3 rings (SSSR count). The number of ether oxygens (including phenoxy) is 3. The SMILES string of the molecule is CCNC(=NCc1nc(C)no1)NCC(c1ccc(OC)c(OC)c1)N1CCOCC1. The van der Waals surface area contributed by atoms with Crippen molar-refractivity contribution in [1.29, 1.82) is 0 Å². The lowest BCUT2D eigenvalue weighted by molar-refractivity contribution is 0.0169. The molecule has 0 aliphatic carbocycles. The molecule has 0 spiro atoms. The number of guanidine groups is 1. The first-order chi connectivity index (χ1) is 15.1. The number of nitrogens with one attached hydrogen (secondary N) is 2. The largest absolute Gasteiger partial charge is 0.493 e. The average molecular weight is 433 g/mol. The maximum atomic E-state index is 5.55. The summed E-state index contributed by atoms with van der Waals surface area (Å²) in [6, 6.07) is 6.16. The number of methoxy groups -OCH3 is 2. The molecule has 1 aliphatic rings. The van der Waals surface area contributed by atoms with Crippen LogP contribution in [-0.2, 0) is 11.3 Å². The Morgan fingerprint density at radius 1 is 1.19 bits per heavy atom. The first-order valence-electron chi connectivity index (χ1n) is 10.5. The number of hydrogen-bond donors (Lipinski definition) is 2. The molecule has 2 aromatic rings. The van der Waals surface area contributed by atoms with Gasteiger partial charge in [-0.15, -0.1) is 0 Å². The highest BCUT2D eigenvalue weighted by atomic mass is 16.5. The van der Waals surface area contributed by atoms with E-state index in [0.717, 1.165) is 25.2 Å². The second-order valence-electron chi connectivity index (χ2n) is 7.09. The topological polar surface area (TPSA) is 106 Å². The van der Waals surface area contributed by atoms with Crippen molar-refractivity contribution >= 4 is 5.96 Å². The van der Waals surface area contributed by atoms with Crippen LogP contribution >= 0.6 is 0 Å². The molecule has 1 aliphatic heterocycles. The molecule has 0 bridgehead atoms. The third-order valence-corrected chi connectivity index (χ3v) is 5.03. The Kier molecular flexibility index (Phi) is 8.48. The lowest BCUT2D eigenvalue weighted by atomic mass is 10.0. The number of morpholine rings is 1. The van der Waals surface area contributed by atoms with Gasteiger partial charge in [-0.2, -0.15) is 4.98 Å². The van der Waals surface area contributed by atoms with Gasteiger partial charge in [-0.3, -0.25) is 4.90 Å². The molecule has 31 heavy (non-hydrogen) atoms. The molecule has 1 aromatic carbocycles. The smallest absolute Gasteiger partial charge is 0.248 e. The molecule has 1 unspecified atom stereocenters. The lowest BCUT2D eigenvalue weighted by Crippen LogP contribution is -2.46. The maximum Gasteiger partial charge on any atom is 0.248 e. The first-order valence-corrected chi connectivity index (χ1v) is 10.5. The number of benzene rings is 1. The average Bonchev–Trinajstić information content (AvgIpc) is 3.23. The van der Waals surface area contributed by atoms with Crippen molar-refractivity contribution in [3.05, 3.63) is 35.5 Å². The Balaban J connectivity index is 1.77. The van der Waals surface area contributed by atoms with Crippen LogP contribution in [-0.4, -0.2) is 74.6 Å². The number of rotatable bonds is 9. The van der Waals surface area contributed by atoms with Crippen LogP contribution in [0.25, 0.3) is 0 Å². The van der Waals surface area contributed by atoms with Gasteiger partial charge in [-0.05, 0) is 31.5 Å². The van der Waals surface area contributed by atoms with Crippen molar-refractivity contribution in [2.75, 3.05) is 53.6 Å². The summed E-state index contributed by atoms with van der Waals surface area (Å²) in [5.74, 6) is 3.20. The van der Waals surface area contributed by atoms with E-state index in [2.05, 4.69) is 36.7 Å². The third kappa shape index (κ3) is 6.31. The molecule has 170 valence electrons. The van der Waals surface area contributed by atoms with Crippen LogP contribution in [0.3, 0.4) is 0 Å². The minimum absolute atomic E-state index is 0.109. The summed E-state index contributed by atoms with van der Waals surface area (Å²) in [5, 5.41) is 10.5. The molecule has 10 heteroatoms. The fraction of sp³-hybridized carbons (Fsp3) is 0.571. The normalized spacial score (nSPS) is 16.1. The highest BCUT2D eigenvalue weighted by Crippen LogP contribution is 2.32. The Labute approximate surface area is 183 Å². The molecule has 1 atom stereocenters. The van der Waals surface area contributed by atoms with Gasteiger partial charge in [0.2, 0.25) is 5.89 Å². The number of aryl methyl sites for hydroxylation is 1. The van der Waals surface area contributed by atoms with Crippen LogP contribution < -0.4 is 20.1 Å². The molecule has 10 nitrogen and oxygen atoms in total. The third-order valence-electron chi connectivity index (χ3n) is 5.03. The van der Waals surface area contributed by atoms with Crippen molar-refractivity contribution in [3.8, 4) is 11.5 Å². The van der Waals surface area contributed by atoms with E-state index < -0.39 is 0 Å². The summed E-state index contributed by atoms with van der Waals surface area (Å²) in [6.07, 6.45) is 0. The Hall–Kier alpha value is -2.85. The highest BCUT2D eigenvalue weighted by molar-refractivity contribution is 5.79. The van der Waals surface area contributed by atoms with E-state index in [0.29, 0.717) is 55.5 Å². The molecule has 2 N–H and O–H groups in total. The second-order valence-corrected chi connectivity index (χ2v) is 7.09. The Morgan fingerprint density at radius 2 is 1.97 bits per heavy atom. The predicted molar refractivity (Wildman–Crippen MR) is 117 cm³/mol. The van der Waals surface area contributed by atoms with E-state index in [4.69, 9.17) is 18.7 Å². The van der Waals surface area contributed by atoms with E-state index >= 15 is 0 Å². The van der Waals surface area contributed by atoms with Crippen molar-refractivity contribution < 1.29 is 18.7 Å². The fourth-order valence-electron chi connectivity index (χ4n) is 3.49. The Morgan fingerprint density at radius 3 is 2.61 bits per heavy atom. The molecular formula is C21H32N6O4. The quantitative estimate of drug-likeness (QED) is 0.451. The van der Waals surface area contributed by atoms with Crippen LogP contribution in [0.4, 0.5) is 0 Å². The van der Waals surface area contributed by atoms with Gasteiger partial charge in [0.25, 0.3) is 0 Å². The van der Waals surface area contributed by atoms with Crippen molar-refractivity contribution in [3.63, 3.8) is 0 Å². The molecule has 0 amide bonds. The first kappa shape index (κ1) is 22.8. The van der Waals surface area contributed by atoms with Crippen molar-refractivity contribution in [2.24, 2.45) is 4.99 Å². The van der Waals surface area contributed by atoms with E-state index in [1.165, 1.54) is 0 Å². The summed E-state index contributed by atoms with van der Waals surface area (Å²) in [7, 11) is 3.29. The van der Waals surface area contributed by atoms with Crippen LogP contribution in [0.1, 0.15) is 30.2 Å². The van der Waals surface area contributed by atoms with Gasteiger partial charge in [0, 0.05) is 26.2 Å². The number of nitrogens with zero attached hydrogens (tertiary/aromatic N) is 4. The summed E-state index contributed by atoms with van der Waals surface area (Å²) < 4.78 is 21.6. The van der Waals surface area contributed by atoms with Crippen molar-refractivity contribution in [1.82, 2.24) is 25.7 Å². The summed E-state index contributed by atoms with van der Waals surface area (Å²) in [4.78, 5) is 11.2. The summed E-state index contributed by atoms with van der Waals surface area (Å²) >= 11 is 0. The molecule has 1 fully saturated rings. The zero-order valence-electron chi connectivity index (χ0n) is 18.7. The van der Waals surface area contributed by atoms with Crippen LogP contribution in [0, 0.1) is 6.92 Å². The number of hydrogen-bond acceptors (Lipinski definition) is 8.